The van der Waals surface area contributed by atoms with E-state index in [9.17, 15) is 14.4 Å². The molecule has 0 heterocycles. The van der Waals surface area contributed by atoms with Gasteiger partial charge in [0.15, 0.2) is 0 Å². The molecular formula is C24H24N2O5S. The standard InChI is InChI=1S/C24H24N2O5S/c1-2-12-26(14-23(28)29)22(27)16-32-13-11-25-24(30)31-15-21-19-9-5-3-7-17(19)18-8-4-6-10-20(18)21/h1,3-10,21H,11-16H2,(H,25,30)(H,28,29). The summed E-state index contributed by atoms with van der Waals surface area (Å²) in [4.78, 5) is 36.1. The Balaban J connectivity index is 1.41. The lowest BCUT2D eigenvalue weighted by Crippen LogP contribution is -2.37. The van der Waals surface area contributed by atoms with Crippen molar-refractivity contribution in [1.82, 2.24) is 10.2 Å². The summed E-state index contributed by atoms with van der Waals surface area (Å²) < 4.78 is 5.46. The Morgan fingerprint density at radius 1 is 1.09 bits per heavy atom. The van der Waals surface area contributed by atoms with Crippen LogP contribution in [0.15, 0.2) is 48.5 Å². The Morgan fingerprint density at radius 3 is 2.31 bits per heavy atom. The SMILES string of the molecule is C#CCN(CC(=O)O)C(=O)CSCCNC(=O)OCC1c2ccccc2-c2ccccc21. The molecule has 7 nitrogen and oxygen atoms in total. The van der Waals surface area contributed by atoms with Crippen molar-refractivity contribution in [2.45, 2.75) is 5.92 Å². The number of carboxylic acids is 1. The molecule has 1 aliphatic rings. The highest BCUT2D eigenvalue weighted by atomic mass is 32.2. The summed E-state index contributed by atoms with van der Waals surface area (Å²) in [6.45, 7) is 0.0791. The summed E-state index contributed by atoms with van der Waals surface area (Å²) in [7, 11) is 0. The smallest absolute Gasteiger partial charge is 0.407 e. The molecule has 0 aliphatic heterocycles. The summed E-state index contributed by atoms with van der Waals surface area (Å²) in [5.41, 5.74) is 4.63. The number of alkyl carbamates (subject to hydrolysis) is 1. The number of carboxylic acid groups (broad SMARTS) is 1. The predicted molar refractivity (Wildman–Crippen MR) is 123 cm³/mol. The van der Waals surface area contributed by atoms with Crippen LogP contribution in [0.2, 0.25) is 0 Å². The number of aliphatic carboxylic acids is 1. The van der Waals surface area contributed by atoms with Gasteiger partial charge in [0.1, 0.15) is 13.2 Å². The van der Waals surface area contributed by atoms with Crippen molar-refractivity contribution in [3.8, 4) is 23.5 Å². The molecule has 2 aromatic rings. The Morgan fingerprint density at radius 2 is 1.72 bits per heavy atom. The maximum atomic E-state index is 12.1. The number of terminal acetylenes is 1. The molecule has 2 N–H and O–H groups in total. The summed E-state index contributed by atoms with van der Waals surface area (Å²) in [6, 6.07) is 16.2. The normalized spacial score (nSPS) is 11.7. The summed E-state index contributed by atoms with van der Waals surface area (Å²) in [5, 5.41) is 11.5. The molecule has 0 saturated carbocycles. The lowest BCUT2D eigenvalue weighted by atomic mass is 9.98. The average molecular weight is 453 g/mol. The van der Waals surface area contributed by atoms with E-state index < -0.39 is 18.6 Å². The van der Waals surface area contributed by atoms with Crippen molar-refractivity contribution in [3.63, 3.8) is 0 Å². The second-order valence-electron chi connectivity index (χ2n) is 7.15. The highest BCUT2D eigenvalue weighted by Gasteiger charge is 2.28. The second-order valence-corrected chi connectivity index (χ2v) is 8.26. The first-order chi connectivity index (χ1) is 15.5. The number of nitrogens with one attached hydrogen (secondary N) is 1. The molecule has 0 fully saturated rings. The number of thioether (sulfide) groups is 1. The molecule has 0 radical (unpaired) electrons. The van der Waals surface area contributed by atoms with Crippen molar-refractivity contribution in [2.24, 2.45) is 0 Å². The quantitative estimate of drug-likeness (QED) is 0.425. The number of carbonyl (C=O) groups is 3. The van der Waals surface area contributed by atoms with Gasteiger partial charge < -0.3 is 20.1 Å². The van der Waals surface area contributed by atoms with E-state index in [2.05, 4.69) is 35.5 Å². The lowest BCUT2D eigenvalue weighted by molar-refractivity contribution is -0.143. The monoisotopic (exact) mass is 452 g/mol. The van der Waals surface area contributed by atoms with Gasteiger partial charge in [0, 0.05) is 18.2 Å². The summed E-state index contributed by atoms with van der Waals surface area (Å²) in [5.74, 6) is 1.37. The van der Waals surface area contributed by atoms with Crippen LogP contribution in [0.1, 0.15) is 17.0 Å². The highest BCUT2D eigenvalue weighted by Crippen LogP contribution is 2.44. The van der Waals surface area contributed by atoms with Gasteiger partial charge in [0.2, 0.25) is 5.91 Å². The molecule has 0 saturated heterocycles. The first-order valence-corrected chi connectivity index (χ1v) is 11.3. The van der Waals surface area contributed by atoms with Crippen LogP contribution < -0.4 is 5.32 Å². The molecule has 0 aromatic heterocycles. The third-order valence-electron chi connectivity index (χ3n) is 5.05. The van der Waals surface area contributed by atoms with Crippen LogP contribution in [-0.2, 0) is 14.3 Å². The van der Waals surface area contributed by atoms with E-state index in [-0.39, 0.29) is 30.7 Å². The molecule has 2 amide bonds. The van der Waals surface area contributed by atoms with Gasteiger partial charge in [0.05, 0.1) is 12.3 Å². The van der Waals surface area contributed by atoms with E-state index in [4.69, 9.17) is 16.3 Å². The molecule has 166 valence electrons. The van der Waals surface area contributed by atoms with E-state index in [0.717, 1.165) is 16.0 Å². The van der Waals surface area contributed by atoms with Crippen LogP contribution in [-0.4, -0.2) is 65.7 Å². The molecule has 0 bridgehead atoms. The van der Waals surface area contributed by atoms with Crippen LogP contribution in [0.4, 0.5) is 4.79 Å². The van der Waals surface area contributed by atoms with E-state index in [1.807, 2.05) is 24.3 Å². The van der Waals surface area contributed by atoms with Gasteiger partial charge in [-0.3, -0.25) is 9.59 Å². The Kier molecular flexibility index (Phi) is 8.17. The van der Waals surface area contributed by atoms with E-state index >= 15 is 0 Å². The number of fused-ring (bicyclic) bond motifs is 3. The Labute approximate surface area is 191 Å². The number of ether oxygens (including phenoxy) is 1. The fourth-order valence-electron chi connectivity index (χ4n) is 3.63. The van der Waals surface area contributed by atoms with Crippen LogP contribution in [0.5, 0.6) is 0 Å². The number of hydrogen-bond acceptors (Lipinski definition) is 5. The number of hydrogen-bond donors (Lipinski definition) is 2. The molecule has 2 aromatic carbocycles. The van der Waals surface area contributed by atoms with Crippen molar-refractivity contribution in [3.05, 3.63) is 59.7 Å². The molecule has 32 heavy (non-hydrogen) atoms. The van der Waals surface area contributed by atoms with Crippen LogP contribution in [0, 0.1) is 12.3 Å². The van der Waals surface area contributed by atoms with E-state index in [0.29, 0.717) is 12.3 Å². The van der Waals surface area contributed by atoms with Crippen molar-refractivity contribution in [1.29, 1.82) is 0 Å². The van der Waals surface area contributed by atoms with Crippen molar-refractivity contribution >= 4 is 29.7 Å². The Hall–Kier alpha value is -3.44. The summed E-state index contributed by atoms with van der Waals surface area (Å²) in [6.07, 6.45) is 4.66. The maximum absolute atomic E-state index is 12.1. The highest BCUT2D eigenvalue weighted by molar-refractivity contribution is 7.99. The molecule has 0 spiro atoms. The molecular weight excluding hydrogens is 428 g/mol. The molecule has 8 heteroatoms. The van der Waals surface area contributed by atoms with E-state index in [1.54, 1.807) is 0 Å². The second kappa shape index (κ2) is 11.3. The predicted octanol–water partition coefficient (Wildman–Crippen LogP) is 2.80. The number of nitrogens with zero attached hydrogens (tertiary/aromatic N) is 1. The average Bonchev–Trinajstić information content (AvgIpc) is 3.10. The minimum Gasteiger partial charge on any atom is -0.480 e. The van der Waals surface area contributed by atoms with Gasteiger partial charge in [-0.2, -0.15) is 11.8 Å². The minimum absolute atomic E-state index is 0.00322. The molecule has 0 unspecified atom stereocenters. The molecule has 0 atom stereocenters. The third kappa shape index (κ3) is 5.83. The number of benzene rings is 2. The van der Waals surface area contributed by atoms with Gasteiger partial charge >= 0.3 is 12.1 Å². The van der Waals surface area contributed by atoms with E-state index in [1.165, 1.54) is 22.9 Å². The number of rotatable bonds is 10. The van der Waals surface area contributed by atoms with Gasteiger partial charge in [-0.25, -0.2) is 4.79 Å². The first kappa shape index (κ1) is 23.2. The zero-order valence-corrected chi connectivity index (χ0v) is 18.3. The van der Waals surface area contributed by atoms with Crippen molar-refractivity contribution < 1.29 is 24.2 Å². The minimum atomic E-state index is -1.12. The molecule has 3 rings (SSSR count). The van der Waals surface area contributed by atoms with Gasteiger partial charge in [0.25, 0.3) is 0 Å². The topological polar surface area (TPSA) is 95.9 Å². The van der Waals surface area contributed by atoms with Gasteiger partial charge in [-0.05, 0) is 22.3 Å². The number of carbonyl (C=O) groups excluding carboxylic acids is 2. The fourth-order valence-corrected chi connectivity index (χ4v) is 4.38. The Bertz CT molecular complexity index is 988. The van der Waals surface area contributed by atoms with Gasteiger partial charge in [-0.1, -0.05) is 54.5 Å². The van der Waals surface area contributed by atoms with Crippen LogP contribution in [0.3, 0.4) is 0 Å². The lowest BCUT2D eigenvalue weighted by Gasteiger charge is -2.17. The number of amides is 2. The zero-order valence-electron chi connectivity index (χ0n) is 17.5. The first-order valence-electron chi connectivity index (χ1n) is 10.1. The van der Waals surface area contributed by atoms with Gasteiger partial charge in [-0.15, -0.1) is 6.42 Å². The van der Waals surface area contributed by atoms with Crippen LogP contribution >= 0.6 is 11.8 Å². The zero-order chi connectivity index (χ0) is 22.9. The maximum Gasteiger partial charge on any atom is 0.407 e. The largest absolute Gasteiger partial charge is 0.480 e. The molecule has 1 aliphatic carbocycles. The third-order valence-corrected chi connectivity index (χ3v) is 5.99. The van der Waals surface area contributed by atoms with Crippen LogP contribution in [0.25, 0.3) is 11.1 Å². The summed E-state index contributed by atoms with van der Waals surface area (Å²) >= 11 is 1.29. The fraction of sp³-hybridized carbons (Fsp3) is 0.292. The van der Waals surface area contributed by atoms with Crippen molar-refractivity contribution in [2.75, 3.05) is 37.7 Å².